The van der Waals surface area contributed by atoms with Gasteiger partial charge in [0, 0.05) is 0 Å². The van der Waals surface area contributed by atoms with Gasteiger partial charge in [-0.05, 0) is 83.2 Å². The average molecular weight is 332 g/mol. The molecule has 0 amide bonds. The number of fused-ring (bicyclic) bond motifs is 2. The third-order valence-corrected chi connectivity index (χ3v) is 5.62. The van der Waals surface area contributed by atoms with Gasteiger partial charge in [0.2, 0.25) is 0 Å². The second kappa shape index (κ2) is 7.00. The highest BCUT2D eigenvalue weighted by molar-refractivity contribution is 5.84. The molecule has 0 bridgehead atoms. The van der Waals surface area contributed by atoms with Gasteiger partial charge in [0.1, 0.15) is 5.82 Å². The molecule has 1 aliphatic carbocycles. The van der Waals surface area contributed by atoms with Crippen LogP contribution in [-0.4, -0.2) is 0 Å². The van der Waals surface area contributed by atoms with Gasteiger partial charge in [-0.2, -0.15) is 0 Å². The second-order valence-corrected chi connectivity index (χ2v) is 7.40. The molecule has 128 valence electrons. The van der Waals surface area contributed by atoms with Gasteiger partial charge in [0.25, 0.3) is 0 Å². The molecule has 0 radical (unpaired) electrons. The van der Waals surface area contributed by atoms with Crippen LogP contribution in [-0.2, 0) is 19.3 Å². The summed E-state index contributed by atoms with van der Waals surface area (Å²) in [6.07, 6.45) is 6.78. The molecule has 1 unspecified atom stereocenters. The van der Waals surface area contributed by atoms with E-state index in [1.54, 1.807) is 12.1 Å². The van der Waals surface area contributed by atoms with Gasteiger partial charge in [-0.25, -0.2) is 4.39 Å². The maximum absolute atomic E-state index is 13.4. The van der Waals surface area contributed by atoms with Crippen molar-refractivity contribution in [2.45, 2.75) is 51.4 Å². The summed E-state index contributed by atoms with van der Waals surface area (Å²) in [6.45, 7) is 2.24. The monoisotopic (exact) mass is 332 g/mol. The Morgan fingerprint density at radius 1 is 0.920 bits per heavy atom. The van der Waals surface area contributed by atoms with Crippen molar-refractivity contribution in [1.82, 2.24) is 0 Å². The lowest BCUT2D eigenvalue weighted by atomic mass is 9.80. The summed E-state index contributed by atoms with van der Waals surface area (Å²) in [7, 11) is 0. The van der Waals surface area contributed by atoms with E-state index in [0.29, 0.717) is 5.92 Å². The van der Waals surface area contributed by atoms with Crippen molar-refractivity contribution in [3.05, 3.63) is 82.7 Å². The van der Waals surface area contributed by atoms with Crippen LogP contribution < -0.4 is 0 Å². The van der Waals surface area contributed by atoms with Gasteiger partial charge in [-0.15, -0.1) is 0 Å². The van der Waals surface area contributed by atoms with Crippen LogP contribution in [0, 0.1) is 5.82 Å². The molecular weight excluding hydrogens is 307 g/mol. The SMILES string of the molecule is CCCCc1ccc2cc(C3CCc4cc(F)ccc4C3)ccc2c1. The number of hydrogen-bond donors (Lipinski definition) is 0. The molecule has 0 nitrogen and oxygen atoms in total. The van der Waals surface area contributed by atoms with Gasteiger partial charge in [0.15, 0.2) is 0 Å². The number of aryl methyl sites for hydroxylation is 2. The van der Waals surface area contributed by atoms with E-state index in [9.17, 15) is 4.39 Å². The predicted octanol–water partition coefficient (Wildman–Crippen LogP) is 6.59. The Morgan fingerprint density at radius 3 is 2.64 bits per heavy atom. The zero-order valence-corrected chi connectivity index (χ0v) is 14.9. The van der Waals surface area contributed by atoms with E-state index in [1.807, 2.05) is 6.07 Å². The maximum Gasteiger partial charge on any atom is 0.123 e. The predicted molar refractivity (Wildman–Crippen MR) is 104 cm³/mol. The molecule has 1 atom stereocenters. The summed E-state index contributed by atoms with van der Waals surface area (Å²) in [6, 6.07) is 19.1. The van der Waals surface area contributed by atoms with E-state index in [1.165, 1.54) is 52.3 Å². The highest BCUT2D eigenvalue weighted by atomic mass is 19.1. The third-order valence-electron chi connectivity index (χ3n) is 5.62. The molecule has 0 N–H and O–H groups in total. The van der Waals surface area contributed by atoms with E-state index in [2.05, 4.69) is 43.3 Å². The standard InChI is InChI=1S/C24H25F/c1-2-3-4-17-5-6-19-14-20(8-7-18(19)13-17)21-9-10-23-16-24(25)12-11-22(23)15-21/h5-8,11-14,16,21H,2-4,9-10,15H2,1H3. The van der Waals surface area contributed by atoms with E-state index < -0.39 is 0 Å². The van der Waals surface area contributed by atoms with Gasteiger partial charge in [-0.3, -0.25) is 0 Å². The highest BCUT2D eigenvalue weighted by Crippen LogP contribution is 2.34. The lowest BCUT2D eigenvalue weighted by molar-refractivity contribution is 0.573. The molecule has 1 aliphatic rings. The maximum atomic E-state index is 13.4. The lowest BCUT2D eigenvalue weighted by Gasteiger charge is -2.25. The summed E-state index contributed by atoms with van der Waals surface area (Å²) in [4.78, 5) is 0. The molecular formula is C24H25F. The number of benzene rings is 3. The Morgan fingerprint density at radius 2 is 1.76 bits per heavy atom. The largest absolute Gasteiger partial charge is 0.207 e. The quantitative estimate of drug-likeness (QED) is 0.505. The molecule has 1 heteroatoms. The Kier molecular flexibility index (Phi) is 4.57. The van der Waals surface area contributed by atoms with Crippen LogP contribution in [0.4, 0.5) is 4.39 Å². The van der Waals surface area contributed by atoms with Gasteiger partial charge < -0.3 is 0 Å². The average Bonchev–Trinajstić information content (AvgIpc) is 2.65. The fourth-order valence-corrected chi connectivity index (χ4v) is 4.11. The molecule has 0 spiro atoms. The Bertz CT molecular complexity index is 894. The normalized spacial score (nSPS) is 16.8. The summed E-state index contributed by atoms with van der Waals surface area (Å²) >= 11 is 0. The van der Waals surface area contributed by atoms with E-state index in [-0.39, 0.29) is 5.82 Å². The molecule has 3 aromatic carbocycles. The van der Waals surface area contributed by atoms with E-state index in [4.69, 9.17) is 0 Å². The van der Waals surface area contributed by atoms with Crippen LogP contribution >= 0.6 is 0 Å². The van der Waals surface area contributed by atoms with Crippen molar-refractivity contribution in [3.8, 4) is 0 Å². The molecule has 0 heterocycles. The van der Waals surface area contributed by atoms with Crippen LogP contribution in [0.25, 0.3) is 10.8 Å². The number of unbranched alkanes of at least 4 members (excludes halogenated alkanes) is 1. The number of rotatable bonds is 4. The first-order valence-corrected chi connectivity index (χ1v) is 9.53. The minimum Gasteiger partial charge on any atom is -0.207 e. The number of hydrogen-bond acceptors (Lipinski definition) is 0. The summed E-state index contributed by atoms with van der Waals surface area (Å²) in [5.74, 6) is 0.434. The van der Waals surface area contributed by atoms with Gasteiger partial charge in [0.05, 0.1) is 0 Å². The topological polar surface area (TPSA) is 0 Å². The van der Waals surface area contributed by atoms with E-state index >= 15 is 0 Å². The van der Waals surface area contributed by atoms with Crippen molar-refractivity contribution in [2.75, 3.05) is 0 Å². The molecule has 0 saturated carbocycles. The first-order valence-electron chi connectivity index (χ1n) is 9.53. The van der Waals surface area contributed by atoms with Crippen LogP contribution in [0.2, 0.25) is 0 Å². The van der Waals surface area contributed by atoms with Crippen molar-refractivity contribution in [2.24, 2.45) is 0 Å². The second-order valence-electron chi connectivity index (χ2n) is 7.40. The van der Waals surface area contributed by atoms with Gasteiger partial charge in [-0.1, -0.05) is 55.8 Å². The molecule has 25 heavy (non-hydrogen) atoms. The molecule has 3 aromatic rings. The van der Waals surface area contributed by atoms with Crippen molar-refractivity contribution in [3.63, 3.8) is 0 Å². The van der Waals surface area contributed by atoms with E-state index in [0.717, 1.165) is 19.3 Å². The first-order chi connectivity index (χ1) is 12.2. The fourth-order valence-electron chi connectivity index (χ4n) is 4.11. The Labute approximate surface area is 149 Å². The van der Waals surface area contributed by atoms with Crippen LogP contribution in [0.1, 0.15) is 54.4 Å². The third kappa shape index (κ3) is 3.46. The summed E-state index contributed by atoms with van der Waals surface area (Å²) in [5, 5.41) is 2.68. The zero-order valence-electron chi connectivity index (χ0n) is 14.9. The Balaban J connectivity index is 1.58. The van der Waals surface area contributed by atoms with Crippen LogP contribution in [0.3, 0.4) is 0 Å². The lowest BCUT2D eigenvalue weighted by Crippen LogP contribution is -2.13. The van der Waals surface area contributed by atoms with Crippen molar-refractivity contribution in [1.29, 1.82) is 0 Å². The minimum atomic E-state index is -0.109. The van der Waals surface area contributed by atoms with Gasteiger partial charge >= 0.3 is 0 Å². The Hall–Kier alpha value is -2.15. The van der Waals surface area contributed by atoms with Crippen LogP contribution in [0.15, 0.2) is 54.6 Å². The molecule has 4 rings (SSSR count). The summed E-state index contributed by atoms with van der Waals surface area (Å²) < 4.78 is 13.4. The smallest absolute Gasteiger partial charge is 0.123 e. The molecule has 0 fully saturated rings. The number of halogens is 1. The van der Waals surface area contributed by atoms with Crippen molar-refractivity contribution < 1.29 is 4.39 Å². The fraction of sp³-hybridized carbons (Fsp3) is 0.333. The zero-order chi connectivity index (χ0) is 17.2. The van der Waals surface area contributed by atoms with Crippen LogP contribution in [0.5, 0.6) is 0 Å². The summed E-state index contributed by atoms with van der Waals surface area (Å²) in [5.41, 5.74) is 5.37. The minimum absolute atomic E-state index is 0.109. The first kappa shape index (κ1) is 16.3. The molecule has 0 saturated heterocycles. The molecule has 0 aliphatic heterocycles. The van der Waals surface area contributed by atoms with Crippen molar-refractivity contribution >= 4 is 10.8 Å². The highest BCUT2D eigenvalue weighted by Gasteiger charge is 2.20. The molecule has 0 aromatic heterocycles.